The maximum atomic E-state index is 12.5. The lowest BCUT2D eigenvalue weighted by molar-refractivity contribution is -0.131. The first-order chi connectivity index (χ1) is 21.7. The van der Waals surface area contributed by atoms with Crippen molar-refractivity contribution in [1.82, 2.24) is 15.4 Å². The van der Waals surface area contributed by atoms with Crippen LogP contribution in [0.1, 0.15) is 59.2 Å². The topological polar surface area (TPSA) is 146 Å². The number of rotatable bonds is 11. The van der Waals surface area contributed by atoms with E-state index in [2.05, 4.69) is 15.4 Å². The van der Waals surface area contributed by atoms with Crippen molar-refractivity contribution in [2.75, 3.05) is 20.8 Å². The van der Waals surface area contributed by atoms with Crippen LogP contribution in [-0.4, -0.2) is 54.9 Å². The van der Waals surface area contributed by atoms with Crippen LogP contribution in [-0.2, 0) is 11.2 Å². The molecule has 1 saturated carbocycles. The molecule has 1 fully saturated rings. The summed E-state index contributed by atoms with van der Waals surface area (Å²) in [6.07, 6.45) is 8.96. The number of urea groups is 1. The van der Waals surface area contributed by atoms with E-state index in [0.717, 1.165) is 41.4 Å². The number of aryl methyl sites for hydroxylation is 1. The number of amides is 3. The van der Waals surface area contributed by atoms with Gasteiger partial charge in [0.2, 0.25) is 0 Å². The molecule has 1 aliphatic rings. The quantitative estimate of drug-likeness (QED) is 0.125. The summed E-state index contributed by atoms with van der Waals surface area (Å²) in [7, 11) is 3.00. The molecule has 10 nitrogen and oxygen atoms in total. The number of methoxy groups -OCH3 is 2. The predicted molar refractivity (Wildman–Crippen MR) is 176 cm³/mol. The number of nitrogens with one attached hydrogen (secondary N) is 3. The number of carboxylic acid groups (broad SMARTS) is 1. The summed E-state index contributed by atoms with van der Waals surface area (Å²) >= 11 is 1.31. The van der Waals surface area contributed by atoms with Crippen LogP contribution in [0.15, 0.2) is 71.6 Å². The number of phenols is 1. The molecule has 3 amide bonds. The van der Waals surface area contributed by atoms with Crippen molar-refractivity contribution in [1.29, 1.82) is 0 Å². The number of hydrogen-bond donors (Lipinski definition) is 5. The average molecular weight is 636 g/mol. The Hall–Kier alpha value is -4.64. The van der Waals surface area contributed by atoms with Gasteiger partial charge in [0.05, 0.1) is 19.8 Å². The summed E-state index contributed by atoms with van der Waals surface area (Å²) in [5.41, 5.74) is 3.33. The lowest BCUT2D eigenvalue weighted by atomic mass is 9.96. The minimum atomic E-state index is -1.02. The van der Waals surface area contributed by atoms with E-state index in [1.807, 2.05) is 49.4 Å². The largest absolute Gasteiger partial charge is 0.504 e. The zero-order valence-corrected chi connectivity index (χ0v) is 26.6. The number of phenolic OH excluding ortho intramolecular Hbond substituents is 1. The van der Waals surface area contributed by atoms with Gasteiger partial charge in [-0.1, -0.05) is 49.1 Å². The lowest BCUT2D eigenvalue weighted by Gasteiger charge is -2.22. The van der Waals surface area contributed by atoms with Gasteiger partial charge in [0.15, 0.2) is 11.5 Å². The van der Waals surface area contributed by atoms with Gasteiger partial charge in [-0.3, -0.25) is 9.52 Å². The number of carbonyl (C=O) groups is 3. The molecule has 3 aromatic rings. The molecule has 0 radical (unpaired) electrons. The van der Waals surface area contributed by atoms with Gasteiger partial charge in [-0.05, 0) is 91.7 Å². The number of carbonyl (C=O) groups excluding carboxylic acids is 2. The summed E-state index contributed by atoms with van der Waals surface area (Å²) < 4.78 is 13.0. The first kappa shape index (κ1) is 34.8. The summed E-state index contributed by atoms with van der Waals surface area (Å²) in [6.45, 7) is 2.48. The predicted octanol–water partition coefficient (Wildman–Crippen LogP) is 6.11. The molecular weight excluding hydrogens is 594 g/mol. The maximum absolute atomic E-state index is 12.5. The van der Waals surface area contributed by atoms with Crippen LogP contribution in [0.2, 0.25) is 0 Å². The number of ether oxygens (including phenoxy) is 2. The van der Waals surface area contributed by atoms with Crippen LogP contribution >= 0.6 is 11.9 Å². The highest BCUT2D eigenvalue weighted by Gasteiger charge is 2.15. The van der Waals surface area contributed by atoms with Crippen molar-refractivity contribution in [3.05, 3.63) is 89.0 Å². The second kappa shape index (κ2) is 18.2. The van der Waals surface area contributed by atoms with Gasteiger partial charge in [-0.2, -0.15) is 0 Å². The highest BCUT2D eigenvalue weighted by atomic mass is 32.2. The summed E-state index contributed by atoms with van der Waals surface area (Å²) in [6, 6.07) is 18.3. The van der Waals surface area contributed by atoms with Crippen molar-refractivity contribution < 1.29 is 34.1 Å². The third kappa shape index (κ3) is 12.1. The van der Waals surface area contributed by atoms with Gasteiger partial charge in [0, 0.05) is 23.6 Å². The lowest BCUT2D eigenvalue weighted by Crippen LogP contribution is -2.40. The van der Waals surface area contributed by atoms with E-state index in [1.165, 1.54) is 50.5 Å². The number of hydrogen-bond acceptors (Lipinski definition) is 7. The van der Waals surface area contributed by atoms with E-state index < -0.39 is 5.97 Å². The fourth-order valence-corrected chi connectivity index (χ4v) is 5.21. The third-order valence-electron chi connectivity index (χ3n) is 7.05. The Morgan fingerprint density at radius 3 is 2.31 bits per heavy atom. The highest BCUT2D eigenvalue weighted by Crippen LogP contribution is 2.26. The summed E-state index contributed by atoms with van der Waals surface area (Å²) in [5.74, 6) is -0.236. The fourth-order valence-electron chi connectivity index (χ4n) is 4.67. The Morgan fingerprint density at radius 2 is 1.64 bits per heavy atom. The minimum absolute atomic E-state index is 0.0278. The molecule has 0 atom stereocenters. The molecular formula is C34H41N3O7S. The Labute approximate surface area is 268 Å². The van der Waals surface area contributed by atoms with Crippen molar-refractivity contribution in [2.45, 2.75) is 56.4 Å². The first-order valence-electron chi connectivity index (χ1n) is 14.7. The molecule has 0 heterocycles. The Balaban J connectivity index is 0.000000330. The highest BCUT2D eigenvalue weighted by molar-refractivity contribution is 7.98. The van der Waals surface area contributed by atoms with Gasteiger partial charge < -0.3 is 30.3 Å². The molecule has 0 aromatic heterocycles. The van der Waals surface area contributed by atoms with Crippen molar-refractivity contribution >= 4 is 35.9 Å². The van der Waals surface area contributed by atoms with Crippen molar-refractivity contribution in [3.63, 3.8) is 0 Å². The molecule has 0 bridgehead atoms. The smallest absolute Gasteiger partial charge is 0.328 e. The molecule has 45 heavy (non-hydrogen) atoms. The van der Waals surface area contributed by atoms with E-state index in [-0.39, 0.29) is 17.7 Å². The molecule has 0 unspecified atom stereocenters. The van der Waals surface area contributed by atoms with E-state index in [4.69, 9.17) is 14.6 Å². The molecule has 0 aliphatic heterocycles. The van der Waals surface area contributed by atoms with Crippen LogP contribution < -0.4 is 24.8 Å². The van der Waals surface area contributed by atoms with Crippen molar-refractivity contribution in [3.8, 4) is 17.2 Å². The van der Waals surface area contributed by atoms with Gasteiger partial charge in [0.25, 0.3) is 5.91 Å². The fraction of sp³-hybridized carbons (Fsp3) is 0.324. The van der Waals surface area contributed by atoms with Gasteiger partial charge >= 0.3 is 12.0 Å². The standard InChI is InChI=1S/C24H31N3O3S.C10H10O4/c1-17-8-13-22(30-2)21(16-17)23(28)25-15-14-18-9-11-20(12-10-18)31-27-24(29)26-19-6-4-3-5-7-19;1-14-9-6-7(2-4-8(9)11)3-5-10(12)13/h8-13,16,19H,3-7,14-15H2,1-2H3,(H,25,28)(H2,26,27,29);2-6,11H,1H3,(H,12,13)/b;5-3+. The van der Waals surface area contributed by atoms with Crippen LogP contribution in [0.4, 0.5) is 4.79 Å². The Kier molecular flexibility index (Phi) is 14.1. The second-order valence-corrected chi connectivity index (χ2v) is 11.3. The first-order valence-corrected chi connectivity index (χ1v) is 15.5. The molecule has 11 heteroatoms. The summed E-state index contributed by atoms with van der Waals surface area (Å²) in [5, 5.41) is 23.6. The molecule has 5 N–H and O–H groups in total. The number of aliphatic carboxylic acids is 1. The van der Waals surface area contributed by atoms with Crippen LogP contribution in [0.25, 0.3) is 6.08 Å². The average Bonchev–Trinajstić information content (AvgIpc) is 3.04. The van der Waals surface area contributed by atoms with Crippen LogP contribution in [0.5, 0.6) is 17.2 Å². The van der Waals surface area contributed by atoms with Crippen LogP contribution in [0, 0.1) is 6.92 Å². The monoisotopic (exact) mass is 635 g/mol. The zero-order valence-electron chi connectivity index (χ0n) is 25.8. The third-order valence-corrected chi connectivity index (χ3v) is 7.84. The molecule has 0 spiro atoms. The normalized spacial score (nSPS) is 12.9. The van der Waals surface area contributed by atoms with Crippen molar-refractivity contribution in [2.24, 2.45) is 0 Å². The number of benzene rings is 3. The molecule has 240 valence electrons. The van der Waals surface area contributed by atoms with E-state index in [9.17, 15) is 19.5 Å². The maximum Gasteiger partial charge on any atom is 0.328 e. The summed E-state index contributed by atoms with van der Waals surface area (Å²) in [4.78, 5) is 35.7. The van der Waals surface area contributed by atoms with E-state index in [0.29, 0.717) is 35.2 Å². The number of carboxylic acids is 1. The minimum Gasteiger partial charge on any atom is -0.504 e. The van der Waals surface area contributed by atoms with Gasteiger partial charge in [-0.25, -0.2) is 9.59 Å². The molecule has 0 saturated heterocycles. The van der Waals surface area contributed by atoms with E-state index >= 15 is 0 Å². The Morgan fingerprint density at radius 1 is 0.933 bits per heavy atom. The Bertz CT molecular complexity index is 1450. The number of aromatic hydroxyl groups is 1. The second-order valence-electron chi connectivity index (χ2n) is 10.5. The van der Waals surface area contributed by atoms with Gasteiger partial charge in [-0.15, -0.1) is 0 Å². The SMILES string of the molecule is COc1cc(/C=C/C(=O)O)ccc1O.COc1ccc(C)cc1C(=O)NCCc1ccc(SNC(=O)NC2CCCCC2)cc1. The van der Waals surface area contributed by atoms with Crippen LogP contribution in [0.3, 0.4) is 0 Å². The molecule has 3 aromatic carbocycles. The molecule has 1 aliphatic carbocycles. The molecule has 4 rings (SSSR count). The van der Waals surface area contributed by atoms with Gasteiger partial charge in [0.1, 0.15) is 5.75 Å². The van der Waals surface area contributed by atoms with E-state index in [1.54, 1.807) is 19.2 Å². The zero-order chi connectivity index (χ0) is 32.6.